The molecule has 0 fully saturated rings. The monoisotopic (exact) mass is 264 g/mol. The molecule has 15 heavy (non-hydrogen) atoms. The SMILES string of the molecule is C=CCCCC[Si](Cl)(Cl)CCCCC=C. The fraction of sp³-hybridized carbons (Fsp3) is 0.667. The minimum absolute atomic E-state index is 1.03. The number of halogens is 2. The van der Waals surface area contributed by atoms with Crippen LogP contribution in [0.1, 0.15) is 38.5 Å². The Morgan fingerprint density at radius 3 is 1.53 bits per heavy atom. The molecule has 0 aromatic carbocycles. The molecule has 3 heteroatoms. The van der Waals surface area contributed by atoms with Crippen molar-refractivity contribution in [1.82, 2.24) is 0 Å². The molecular weight excluding hydrogens is 243 g/mol. The van der Waals surface area contributed by atoms with Gasteiger partial charge in [-0.1, -0.05) is 37.8 Å². The Balaban J connectivity index is 3.47. The quantitative estimate of drug-likeness (QED) is 0.208. The van der Waals surface area contributed by atoms with E-state index in [9.17, 15) is 0 Å². The summed E-state index contributed by atoms with van der Waals surface area (Å²) in [5.41, 5.74) is 0. The van der Waals surface area contributed by atoms with Crippen LogP contribution in [0.25, 0.3) is 0 Å². The van der Waals surface area contributed by atoms with E-state index in [0.717, 1.165) is 37.8 Å². The first-order chi connectivity index (χ1) is 7.12. The van der Waals surface area contributed by atoms with Gasteiger partial charge < -0.3 is 0 Å². The molecular formula is C12H22Cl2Si. The van der Waals surface area contributed by atoms with Crippen molar-refractivity contribution in [1.29, 1.82) is 0 Å². The van der Waals surface area contributed by atoms with Gasteiger partial charge in [0.15, 0.2) is 0 Å². The average Bonchev–Trinajstić information content (AvgIpc) is 2.20. The Morgan fingerprint density at radius 1 is 0.800 bits per heavy atom. The zero-order valence-electron chi connectivity index (χ0n) is 9.48. The molecule has 0 atom stereocenters. The highest BCUT2D eigenvalue weighted by molar-refractivity contribution is 7.45. The molecule has 0 radical (unpaired) electrons. The van der Waals surface area contributed by atoms with E-state index in [0.29, 0.717) is 0 Å². The highest BCUT2D eigenvalue weighted by atomic mass is 35.7. The van der Waals surface area contributed by atoms with Crippen LogP contribution in [0.15, 0.2) is 25.3 Å². The lowest BCUT2D eigenvalue weighted by Crippen LogP contribution is -2.17. The molecule has 0 rings (SSSR count). The minimum Gasteiger partial charge on any atom is -0.146 e. The highest BCUT2D eigenvalue weighted by Crippen LogP contribution is 2.30. The van der Waals surface area contributed by atoms with Crippen LogP contribution in [0.5, 0.6) is 0 Å². The van der Waals surface area contributed by atoms with Crippen LogP contribution in [0, 0.1) is 0 Å². The van der Waals surface area contributed by atoms with E-state index in [4.69, 9.17) is 22.2 Å². The summed E-state index contributed by atoms with van der Waals surface area (Å²) < 4.78 is 0. The lowest BCUT2D eigenvalue weighted by atomic mass is 10.2. The number of hydrogen-bond acceptors (Lipinski definition) is 0. The number of unbranched alkanes of at least 4 members (excludes halogenated alkanes) is 4. The summed E-state index contributed by atoms with van der Waals surface area (Å²) in [6.07, 6.45) is 10.7. The molecule has 0 bridgehead atoms. The van der Waals surface area contributed by atoms with E-state index in [1.54, 1.807) is 0 Å². The van der Waals surface area contributed by atoms with E-state index in [2.05, 4.69) is 13.2 Å². The Bertz CT molecular complexity index is 160. The van der Waals surface area contributed by atoms with E-state index in [1.807, 2.05) is 12.2 Å². The molecule has 0 nitrogen and oxygen atoms in total. The van der Waals surface area contributed by atoms with Crippen LogP contribution in [-0.2, 0) is 0 Å². The van der Waals surface area contributed by atoms with Crippen molar-refractivity contribution in [2.24, 2.45) is 0 Å². The zero-order chi connectivity index (χ0) is 11.6. The second kappa shape index (κ2) is 9.50. The van der Waals surface area contributed by atoms with Crippen LogP contribution in [0.4, 0.5) is 0 Å². The van der Waals surface area contributed by atoms with E-state index >= 15 is 0 Å². The second-order valence-electron chi connectivity index (χ2n) is 3.92. The van der Waals surface area contributed by atoms with Crippen LogP contribution in [0.2, 0.25) is 12.1 Å². The summed E-state index contributed by atoms with van der Waals surface area (Å²) >= 11 is 12.7. The molecule has 0 spiro atoms. The van der Waals surface area contributed by atoms with Crippen LogP contribution >= 0.6 is 22.2 Å². The number of allylic oxidation sites excluding steroid dienone is 2. The molecule has 0 aromatic heterocycles. The Morgan fingerprint density at radius 2 is 1.20 bits per heavy atom. The van der Waals surface area contributed by atoms with Gasteiger partial charge in [0.2, 0.25) is 0 Å². The lowest BCUT2D eigenvalue weighted by Gasteiger charge is -2.15. The van der Waals surface area contributed by atoms with Crippen molar-refractivity contribution in [2.45, 2.75) is 50.6 Å². The van der Waals surface area contributed by atoms with Gasteiger partial charge in [-0.2, -0.15) is 0 Å². The molecule has 0 saturated heterocycles. The van der Waals surface area contributed by atoms with E-state index in [-0.39, 0.29) is 0 Å². The number of hydrogen-bond donors (Lipinski definition) is 0. The molecule has 0 aromatic rings. The van der Waals surface area contributed by atoms with Crippen molar-refractivity contribution in [2.75, 3.05) is 0 Å². The van der Waals surface area contributed by atoms with Gasteiger partial charge in [-0.25, -0.2) is 0 Å². The molecule has 88 valence electrons. The third-order valence-corrected chi connectivity index (χ3v) is 6.84. The molecule has 0 heterocycles. The maximum Gasteiger partial charge on any atom is 0.251 e. The molecule has 0 amide bonds. The van der Waals surface area contributed by atoms with E-state index < -0.39 is 6.69 Å². The predicted octanol–water partition coefficient (Wildman–Crippen LogP) is 5.62. The summed E-state index contributed by atoms with van der Waals surface area (Å²) in [5.74, 6) is 0. The Hall–Kier alpha value is 0.277. The second-order valence-corrected chi connectivity index (χ2v) is 11.6. The van der Waals surface area contributed by atoms with Gasteiger partial charge >= 0.3 is 0 Å². The summed E-state index contributed by atoms with van der Waals surface area (Å²) in [6, 6.07) is 2.05. The summed E-state index contributed by atoms with van der Waals surface area (Å²) in [4.78, 5) is 0. The molecule has 0 aliphatic heterocycles. The van der Waals surface area contributed by atoms with Crippen LogP contribution in [0.3, 0.4) is 0 Å². The fourth-order valence-electron chi connectivity index (χ4n) is 1.47. The lowest BCUT2D eigenvalue weighted by molar-refractivity contribution is 0.786. The molecule has 0 aliphatic rings. The smallest absolute Gasteiger partial charge is 0.146 e. The van der Waals surface area contributed by atoms with Crippen molar-refractivity contribution >= 4 is 28.9 Å². The zero-order valence-corrected chi connectivity index (χ0v) is 12.0. The third-order valence-electron chi connectivity index (χ3n) is 2.40. The summed E-state index contributed by atoms with van der Waals surface area (Å²) in [6.45, 7) is 5.47. The van der Waals surface area contributed by atoms with Crippen molar-refractivity contribution in [3.8, 4) is 0 Å². The van der Waals surface area contributed by atoms with E-state index in [1.165, 1.54) is 12.8 Å². The standard InChI is InChI=1S/C12H22Cl2Si/c1-3-5-7-9-11-15(13,14)12-10-8-6-4-2/h3-4H,1-2,5-12H2. The molecule has 0 aliphatic carbocycles. The number of rotatable bonds is 10. The van der Waals surface area contributed by atoms with Gasteiger partial charge in [0.25, 0.3) is 6.69 Å². The third kappa shape index (κ3) is 10.6. The first-order valence-corrected chi connectivity index (χ1v) is 10.2. The maximum absolute atomic E-state index is 6.35. The van der Waals surface area contributed by atoms with Gasteiger partial charge in [-0.15, -0.1) is 35.3 Å². The molecule has 0 saturated carbocycles. The maximum atomic E-state index is 6.35. The van der Waals surface area contributed by atoms with Crippen molar-refractivity contribution in [3.05, 3.63) is 25.3 Å². The fourth-order valence-corrected chi connectivity index (χ4v) is 4.86. The van der Waals surface area contributed by atoms with Gasteiger partial charge in [0.05, 0.1) is 0 Å². The normalized spacial score (nSPS) is 11.3. The summed E-state index contributed by atoms with van der Waals surface area (Å²) in [7, 11) is 0. The van der Waals surface area contributed by atoms with Crippen LogP contribution in [-0.4, -0.2) is 6.69 Å². The van der Waals surface area contributed by atoms with Crippen molar-refractivity contribution < 1.29 is 0 Å². The topological polar surface area (TPSA) is 0 Å². The Kier molecular flexibility index (Phi) is 9.67. The molecule has 0 N–H and O–H groups in total. The van der Waals surface area contributed by atoms with Gasteiger partial charge in [0.1, 0.15) is 0 Å². The summed E-state index contributed by atoms with van der Waals surface area (Å²) in [5, 5.41) is 0. The molecule has 0 unspecified atom stereocenters. The van der Waals surface area contributed by atoms with Gasteiger partial charge in [0, 0.05) is 0 Å². The average molecular weight is 265 g/mol. The highest BCUT2D eigenvalue weighted by Gasteiger charge is 2.26. The van der Waals surface area contributed by atoms with Gasteiger partial charge in [-0.3, -0.25) is 0 Å². The first kappa shape index (κ1) is 15.3. The Labute approximate surface area is 105 Å². The predicted molar refractivity (Wildman–Crippen MR) is 75.2 cm³/mol. The van der Waals surface area contributed by atoms with Crippen LogP contribution < -0.4 is 0 Å². The largest absolute Gasteiger partial charge is 0.251 e. The minimum atomic E-state index is -1.93. The first-order valence-electron chi connectivity index (χ1n) is 5.72. The van der Waals surface area contributed by atoms with Gasteiger partial charge in [-0.05, 0) is 24.9 Å². The van der Waals surface area contributed by atoms with Crippen molar-refractivity contribution in [3.63, 3.8) is 0 Å².